The number of alkyl halides is 2. The summed E-state index contributed by atoms with van der Waals surface area (Å²) in [6.07, 6.45) is 7.73. The largest absolute Gasteiger partial charge is 0.478 e. The maximum Gasteiger partial charge on any atom is 0.335 e. The molecule has 36 heavy (non-hydrogen) atoms. The SMILES string of the molecule is Cc1cc(C2CC2)c(CN2CC=C(NC3CC(F)(F)C3)CC2)c2cc[nH]c12.O=C(O)c1ccccc1. The fourth-order valence-electron chi connectivity index (χ4n) is 5.25. The van der Waals surface area contributed by atoms with Crippen LogP contribution in [0.5, 0.6) is 0 Å². The molecule has 2 fully saturated rings. The van der Waals surface area contributed by atoms with Crippen LogP contribution in [0.15, 0.2) is 60.4 Å². The van der Waals surface area contributed by atoms with Gasteiger partial charge in [-0.25, -0.2) is 13.6 Å². The molecule has 5 nitrogen and oxygen atoms in total. The topological polar surface area (TPSA) is 68.4 Å². The Labute approximate surface area is 210 Å². The number of nitrogens with one attached hydrogen (secondary N) is 2. The van der Waals surface area contributed by atoms with Gasteiger partial charge in [0.1, 0.15) is 0 Å². The van der Waals surface area contributed by atoms with Crippen LogP contribution in [0.2, 0.25) is 0 Å². The molecule has 0 saturated heterocycles. The zero-order valence-electron chi connectivity index (χ0n) is 20.6. The van der Waals surface area contributed by atoms with Crippen molar-refractivity contribution in [3.63, 3.8) is 0 Å². The summed E-state index contributed by atoms with van der Waals surface area (Å²) in [7, 11) is 0. The number of nitrogens with zero attached hydrogens (tertiary/aromatic N) is 1. The molecule has 190 valence electrons. The first-order chi connectivity index (χ1) is 17.3. The highest BCUT2D eigenvalue weighted by Gasteiger charge is 2.45. The molecular formula is C29H33F2N3O2. The summed E-state index contributed by atoms with van der Waals surface area (Å²) in [5.74, 6) is -2.60. The van der Waals surface area contributed by atoms with E-state index in [4.69, 9.17) is 5.11 Å². The van der Waals surface area contributed by atoms with Gasteiger partial charge in [0.2, 0.25) is 0 Å². The van der Waals surface area contributed by atoms with Crippen molar-refractivity contribution in [1.82, 2.24) is 15.2 Å². The fourth-order valence-corrected chi connectivity index (χ4v) is 5.25. The molecule has 1 aromatic heterocycles. The standard InChI is InChI=1S/C22H27F2N3.C7H6O2/c1-14-10-19(15-2-3-15)20(18-4-7-25-21(14)18)13-27-8-5-16(6-9-27)26-17-11-22(23,24)12-17;8-7(9)6-4-2-1-3-5-6/h4-5,7,10,15,17,25-26H,2-3,6,8-9,11-13H2,1H3;1-5H,(H,8,9). The Morgan fingerprint density at radius 1 is 1.19 bits per heavy atom. The van der Waals surface area contributed by atoms with Crippen molar-refractivity contribution < 1.29 is 18.7 Å². The van der Waals surface area contributed by atoms with Crippen LogP contribution in [0.3, 0.4) is 0 Å². The number of halogens is 2. The number of H-pyrrole nitrogens is 1. The van der Waals surface area contributed by atoms with Crippen molar-refractivity contribution in [2.75, 3.05) is 13.1 Å². The lowest BCUT2D eigenvalue weighted by molar-refractivity contribution is -0.0908. The molecule has 2 aromatic carbocycles. The third kappa shape index (κ3) is 5.62. The molecule has 2 heterocycles. The first-order valence-corrected chi connectivity index (χ1v) is 12.7. The third-order valence-electron chi connectivity index (χ3n) is 7.38. The molecule has 0 bridgehead atoms. The van der Waals surface area contributed by atoms with Crippen LogP contribution in [-0.2, 0) is 6.54 Å². The minimum atomic E-state index is -2.45. The maximum atomic E-state index is 13.0. The Morgan fingerprint density at radius 2 is 1.94 bits per heavy atom. The van der Waals surface area contributed by atoms with E-state index in [0.29, 0.717) is 5.56 Å². The molecule has 0 radical (unpaired) electrons. The molecule has 7 heteroatoms. The van der Waals surface area contributed by atoms with Gasteiger partial charge in [-0.3, -0.25) is 4.90 Å². The number of hydrogen-bond acceptors (Lipinski definition) is 3. The molecular weight excluding hydrogens is 460 g/mol. The second-order valence-electron chi connectivity index (χ2n) is 10.3. The van der Waals surface area contributed by atoms with Crippen LogP contribution in [0.25, 0.3) is 10.9 Å². The molecule has 3 aromatic rings. The zero-order valence-corrected chi connectivity index (χ0v) is 20.6. The summed E-state index contributed by atoms with van der Waals surface area (Å²) in [4.78, 5) is 16.1. The van der Waals surface area contributed by atoms with Crippen LogP contribution in [-0.4, -0.2) is 46.0 Å². The zero-order chi connectivity index (χ0) is 25.3. The molecule has 0 atom stereocenters. The van der Waals surface area contributed by atoms with Crippen molar-refractivity contribution in [3.05, 3.63) is 82.7 Å². The summed E-state index contributed by atoms with van der Waals surface area (Å²) in [5, 5.41) is 13.1. The van der Waals surface area contributed by atoms with Crippen molar-refractivity contribution >= 4 is 16.9 Å². The first kappa shape index (κ1) is 24.5. The smallest absolute Gasteiger partial charge is 0.335 e. The predicted octanol–water partition coefficient (Wildman–Crippen LogP) is 6.22. The fraction of sp³-hybridized carbons (Fsp3) is 0.414. The lowest BCUT2D eigenvalue weighted by Crippen LogP contribution is -2.48. The number of carboxylic acids is 1. The molecule has 0 amide bonds. The van der Waals surface area contributed by atoms with Gasteiger partial charge in [-0.05, 0) is 67.0 Å². The number of carboxylic acid groups (broad SMARTS) is 1. The summed E-state index contributed by atoms with van der Waals surface area (Å²) < 4.78 is 26.0. The lowest BCUT2D eigenvalue weighted by Gasteiger charge is -2.38. The predicted molar refractivity (Wildman–Crippen MR) is 137 cm³/mol. The highest BCUT2D eigenvalue weighted by Crippen LogP contribution is 2.44. The van der Waals surface area contributed by atoms with E-state index < -0.39 is 11.9 Å². The Balaban J connectivity index is 0.000000252. The minimum Gasteiger partial charge on any atom is -0.478 e. The number of aryl methyl sites for hydroxylation is 1. The monoisotopic (exact) mass is 493 g/mol. The molecule has 6 rings (SSSR count). The van der Waals surface area contributed by atoms with Gasteiger partial charge in [0.05, 0.1) is 5.56 Å². The second-order valence-corrected chi connectivity index (χ2v) is 10.3. The van der Waals surface area contributed by atoms with E-state index >= 15 is 0 Å². The normalized spacial score (nSPS) is 19.7. The molecule has 1 aliphatic heterocycles. The van der Waals surface area contributed by atoms with E-state index in [1.165, 1.54) is 40.4 Å². The maximum absolute atomic E-state index is 13.0. The Morgan fingerprint density at radius 3 is 2.53 bits per heavy atom. The van der Waals surface area contributed by atoms with Crippen LogP contribution < -0.4 is 5.32 Å². The molecule has 3 N–H and O–H groups in total. The van der Waals surface area contributed by atoms with Crippen molar-refractivity contribution in [3.8, 4) is 0 Å². The van der Waals surface area contributed by atoms with E-state index in [-0.39, 0.29) is 18.9 Å². The van der Waals surface area contributed by atoms with Crippen LogP contribution in [0.1, 0.15) is 65.1 Å². The number of benzene rings is 2. The van der Waals surface area contributed by atoms with E-state index in [1.54, 1.807) is 30.3 Å². The van der Waals surface area contributed by atoms with Gasteiger partial charge >= 0.3 is 5.97 Å². The quantitative estimate of drug-likeness (QED) is 0.382. The molecule has 0 unspecified atom stereocenters. The molecule has 2 aliphatic carbocycles. The minimum absolute atomic E-state index is 0.0202. The Hall–Kier alpha value is -3.19. The number of hydrogen-bond donors (Lipinski definition) is 3. The van der Waals surface area contributed by atoms with Gasteiger partial charge < -0.3 is 15.4 Å². The number of aromatic carboxylic acids is 1. The number of aromatic amines is 1. The molecule has 2 saturated carbocycles. The molecule has 0 spiro atoms. The van der Waals surface area contributed by atoms with E-state index in [2.05, 4.69) is 40.3 Å². The van der Waals surface area contributed by atoms with Gasteiger partial charge in [-0.2, -0.15) is 0 Å². The van der Waals surface area contributed by atoms with Crippen molar-refractivity contribution in [1.29, 1.82) is 0 Å². The summed E-state index contributed by atoms with van der Waals surface area (Å²) in [5.41, 5.74) is 7.08. The van der Waals surface area contributed by atoms with Crippen molar-refractivity contribution in [2.24, 2.45) is 0 Å². The van der Waals surface area contributed by atoms with Gasteiger partial charge in [-0.1, -0.05) is 30.3 Å². The van der Waals surface area contributed by atoms with Crippen LogP contribution >= 0.6 is 0 Å². The number of aromatic nitrogens is 1. The molecule has 3 aliphatic rings. The van der Waals surface area contributed by atoms with E-state index in [9.17, 15) is 13.6 Å². The highest BCUT2D eigenvalue weighted by atomic mass is 19.3. The number of fused-ring (bicyclic) bond motifs is 1. The highest BCUT2D eigenvalue weighted by molar-refractivity contribution is 5.88. The average Bonchev–Trinajstić information content (AvgIpc) is 3.57. The van der Waals surface area contributed by atoms with E-state index in [1.807, 2.05) is 6.20 Å². The van der Waals surface area contributed by atoms with Gasteiger partial charge in [0.25, 0.3) is 5.92 Å². The summed E-state index contributed by atoms with van der Waals surface area (Å²) in [6, 6.07) is 12.8. The Bertz CT molecular complexity index is 1260. The number of rotatable bonds is 6. The Kier molecular flexibility index (Phi) is 6.84. The van der Waals surface area contributed by atoms with Gasteiger partial charge in [0, 0.05) is 61.3 Å². The lowest BCUT2D eigenvalue weighted by atomic mass is 9.88. The second kappa shape index (κ2) is 10.1. The van der Waals surface area contributed by atoms with Crippen LogP contribution in [0.4, 0.5) is 8.78 Å². The van der Waals surface area contributed by atoms with E-state index in [0.717, 1.165) is 37.7 Å². The van der Waals surface area contributed by atoms with Crippen molar-refractivity contribution in [2.45, 2.75) is 63.5 Å². The van der Waals surface area contributed by atoms with Gasteiger partial charge in [-0.15, -0.1) is 0 Å². The van der Waals surface area contributed by atoms with Gasteiger partial charge in [0.15, 0.2) is 0 Å². The summed E-state index contributed by atoms with van der Waals surface area (Å²) in [6.45, 7) is 5.02. The third-order valence-corrected chi connectivity index (χ3v) is 7.38. The van der Waals surface area contributed by atoms with Crippen LogP contribution in [0, 0.1) is 6.92 Å². The first-order valence-electron chi connectivity index (χ1n) is 12.7. The average molecular weight is 494 g/mol. The number of carbonyl (C=O) groups is 1. The summed E-state index contributed by atoms with van der Waals surface area (Å²) >= 11 is 0.